The summed E-state index contributed by atoms with van der Waals surface area (Å²) in [5.41, 5.74) is 2.94. The van der Waals surface area contributed by atoms with Crippen molar-refractivity contribution in [1.82, 2.24) is 9.78 Å². The van der Waals surface area contributed by atoms with E-state index in [4.69, 9.17) is 5.26 Å². The maximum atomic E-state index is 12.7. The van der Waals surface area contributed by atoms with Gasteiger partial charge in [0.25, 0.3) is 15.9 Å². The van der Waals surface area contributed by atoms with Crippen LogP contribution in [-0.4, -0.2) is 24.1 Å². The number of amides is 1. The average molecular weight is 438 g/mol. The number of sulfonamides is 1. The predicted molar refractivity (Wildman–Crippen MR) is 118 cm³/mol. The number of benzene rings is 2. The Morgan fingerprint density at radius 2 is 1.81 bits per heavy atom. The molecule has 0 fully saturated rings. The highest BCUT2D eigenvalue weighted by molar-refractivity contribution is 7.92. The number of nitriles is 1. The van der Waals surface area contributed by atoms with Gasteiger partial charge in [0.05, 0.1) is 29.6 Å². The minimum absolute atomic E-state index is 0.218. The van der Waals surface area contributed by atoms with Crippen LogP contribution >= 0.6 is 0 Å². The molecule has 0 aliphatic carbocycles. The lowest BCUT2D eigenvalue weighted by atomic mass is 10.2. The van der Waals surface area contributed by atoms with Gasteiger partial charge < -0.3 is 5.32 Å². The highest BCUT2D eigenvalue weighted by Gasteiger charge is 2.18. The number of hydrogen-bond donors (Lipinski definition) is 2. The van der Waals surface area contributed by atoms with Gasteiger partial charge in [0, 0.05) is 17.3 Å². The van der Waals surface area contributed by atoms with E-state index < -0.39 is 10.0 Å². The molecule has 0 unspecified atom stereocenters. The third-order valence-electron chi connectivity index (χ3n) is 4.61. The second kappa shape index (κ2) is 9.02. The number of carbonyl (C=O) groups excluding carboxylic acids is 1. The van der Waals surface area contributed by atoms with Gasteiger partial charge in [0.2, 0.25) is 0 Å². The third kappa shape index (κ3) is 5.29. The molecule has 31 heavy (non-hydrogen) atoms. The van der Waals surface area contributed by atoms with E-state index in [9.17, 15) is 13.2 Å². The summed E-state index contributed by atoms with van der Waals surface area (Å²) in [6.45, 7) is 5.75. The molecular formula is C22H23N5O3S. The first-order valence-corrected chi connectivity index (χ1v) is 11.1. The SMILES string of the molecule is Cc1ccc(C)c(S(=O)(=O)Nc2ccc(C(=O)Nc3cc(C)nn3CCC#N)cc2)c1. The number of anilines is 2. The molecule has 1 heterocycles. The van der Waals surface area contributed by atoms with Crippen LogP contribution in [0.5, 0.6) is 0 Å². The minimum atomic E-state index is -3.75. The lowest BCUT2D eigenvalue weighted by molar-refractivity contribution is 0.102. The Labute approximate surface area is 181 Å². The number of carbonyl (C=O) groups is 1. The number of hydrogen-bond acceptors (Lipinski definition) is 5. The summed E-state index contributed by atoms with van der Waals surface area (Å²) in [5, 5.41) is 15.8. The average Bonchev–Trinajstić information content (AvgIpc) is 3.07. The monoisotopic (exact) mass is 437 g/mol. The summed E-state index contributed by atoms with van der Waals surface area (Å²) in [6, 6.07) is 15.2. The smallest absolute Gasteiger partial charge is 0.262 e. The van der Waals surface area contributed by atoms with Gasteiger partial charge in [-0.1, -0.05) is 12.1 Å². The molecule has 1 aromatic heterocycles. The van der Waals surface area contributed by atoms with Gasteiger partial charge in [0.15, 0.2) is 0 Å². The molecule has 0 aliphatic rings. The first-order chi connectivity index (χ1) is 14.7. The zero-order valence-electron chi connectivity index (χ0n) is 17.5. The van der Waals surface area contributed by atoms with Crippen molar-refractivity contribution in [1.29, 1.82) is 5.26 Å². The molecule has 9 heteroatoms. The maximum absolute atomic E-state index is 12.7. The Hall–Kier alpha value is -3.64. The molecule has 0 saturated heterocycles. The predicted octanol–water partition coefficient (Wildman–Crippen LogP) is 3.78. The number of rotatable bonds is 7. The van der Waals surface area contributed by atoms with E-state index in [2.05, 4.69) is 21.2 Å². The van der Waals surface area contributed by atoms with Crippen LogP contribution in [-0.2, 0) is 16.6 Å². The van der Waals surface area contributed by atoms with Crippen LogP contribution in [0.3, 0.4) is 0 Å². The molecule has 0 bridgehead atoms. The van der Waals surface area contributed by atoms with Crippen molar-refractivity contribution >= 4 is 27.4 Å². The van der Waals surface area contributed by atoms with Crippen LogP contribution in [0.2, 0.25) is 0 Å². The van der Waals surface area contributed by atoms with E-state index in [1.165, 1.54) is 12.1 Å². The molecule has 2 aromatic carbocycles. The summed E-state index contributed by atoms with van der Waals surface area (Å²) in [4.78, 5) is 12.8. The fourth-order valence-corrected chi connectivity index (χ4v) is 4.45. The van der Waals surface area contributed by atoms with Crippen LogP contribution in [0, 0.1) is 32.1 Å². The largest absolute Gasteiger partial charge is 0.307 e. The zero-order valence-corrected chi connectivity index (χ0v) is 18.3. The third-order valence-corrected chi connectivity index (χ3v) is 6.13. The lowest BCUT2D eigenvalue weighted by Gasteiger charge is -2.12. The fourth-order valence-electron chi connectivity index (χ4n) is 3.06. The minimum Gasteiger partial charge on any atom is -0.307 e. The Balaban J connectivity index is 1.74. The van der Waals surface area contributed by atoms with Crippen molar-refractivity contribution in [2.45, 2.75) is 38.6 Å². The molecule has 1 amide bonds. The van der Waals surface area contributed by atoms with Crippen LogP contribution < -0.4 is 10.0 Å². The van der Waals surface area contributed by atoms with Crippen molar-refractivity contribution in [3.8, 4) is 6.07 Å². The van der Waals surface area contributed by atoms with E-state index in [0.29, 0.717) is 29.2 Å². The van der Waals surface area contributed by atoms with Crippen LogP contribution in [0.15, 0.2) is 53.4 Å². The number of nitrogens with one attached hydrogen (secondary N) is 2. The first kappa shape index (κ1) is 22.1. The Morgan fingerprint density at radius 3 is 2.48 bits per heavy atom. The van der Waals surface area contributed by atoms with Gasteiger partial charge in [-0.3, -0.25) is 9.52 Å². The number of aromatic nitrogens is 2. The molecule has 0 atom stereocenters. The fraction of sp³-hybridized carbons (Fsp3) is 0.227. The molecule has 8 nitrogen and oxygen atoms in total. The van der Waals surface area contributed by atoms with Gasteiger partial charge in [-0.25, -0.2) is 13.1 Å². The first-order valence-electron chi connectivity index (χ1n) is 9.62. The van der Waals surface area contributed by atoms with Crippen molar-refractivity contribution in [2.24, 2.45) is 0 Å². The second-order valence-electron chi connectivity index (χ2n) is 7.21. The highest BCUT2D eigenvalue weighted by atomic mass is 32.2. The van der Waals surface area contributed by atoms with Gasteiger partial charge >= 0.3 is 0 Å². The molecule has 0 saturated carbocycles. The molecular weight excluding hydrogens is 414 g/mol. The quantitative estimate of drug-likeness (QED) is 0.583. The van der Waals surface area contributed by atoms with E-state index in [0.717, 1.165) is 11.3 Å². The molecule has 3 aromatic rings. The molecule has 0 radical (unpaired) electrons. The molecule has 3 rings (SSSR count). The van der Waals surface area contributed by atoms with Crippen molar-refractivity contribution < 1.29 is 13.2 Å². The van der Waals surface area contributed by atoms with E-state index in [-0.39, 0.29) is 17.2 Å². The molecule has 0 spiro atoms. The van der Waals surface area contributed by atoms with Gasteiger partial charge in [-0.15, -0.1) is 0 Å². The Bertz CT molecular complexity index is 1260. The summed E-state index contributed by atoms with van der Waals surface area (Å²) in [6.07, 6.45) is 0.277. The Kier molecular flexibility index (Phi) is 6.42. The number of aryl methyl sites for hydroxylation is 4. The summed E-state index contributed by atoms with van der Waals surface area (Å²) in [7, 11) is -3.75. The normalized spacial score (nSPS) is 11.0. The molecule has 160 valence electrons. The summed E-state index contributed by atoms with van der Waals surface area (Å²) in [5.74, 6) is 0.138. The molecule has 2 N–H and O–H groups in total. The molecule has 0 aliphatic heterocycles. The van der Waals surface area contributed by atoms with E-state index in [1.807, 2.05) is 13.0 Å². The van der Waals surface area contributed by atoms with E-state index >= 15 is 0 Å². The van der Waals surface area contributed by atoms with Crippen LogP contribution in [0.25, 0.3) is 0 Å². The number of nitrogens with zero attached hydrogens (tertiary/aromatic N) is 3. The maximum Gasteiger partial charge on any atom is 0.262 e. The van der Waals surface area contributed by atoms with Crippen LogP contribution in [0.4, 0.5) is 11.5 Å². The second-order valence-corrected chi connectivity index (χ2v) is 8.86. The van der Waals surface area contributed by atoms with Gasteiger partial charge in [-0.05, 0) is 62.2 Å². The zero-order chi connectivity index (χ0) is 22.6. The van der Waals surface area contributed by atoms with E-state index in [1.54, 1.807) is 48.9 Å². The highest BCUT2D eigenvalue weighted by Crippen LogP contribution is 2.21. The topological polar surface area (TPSA) is 117 Å². The van der Waals surface area contributed by atoms with Crippen molar-refractivity contribution in [3.63, 3.8) is 0 Å². The van der Waals surface area contributed by atoms with Gasteiger partial charge in [0.1, 0.15) is 5.82 Å². The van der Waals surface area contributed by atoms with Crippen LogP contribution in [0.1, 0.15) is 33.6 Å². The summed E-state index contributed by atoms with van der Waals surface area (Å²) < 4.78 is 29.6. The summed E-state index contributed by atoms with van der Waals surface area (Å²) >= 11 is 0. The Morgan fingerprint density at radius 1 is 1.10 bits per heavy atom. The standard InChI is InChI=1S/C22H23N5O3S/c1-15-5-6-16(2)20(13-15)31(29,30)26-19-9-7-18(8-10-19)22(28)24-21-14-17(3)25-27(21)12-4-11-23/h5-10,13-14,26H,4,12H2,1-3H3,(H,24,28). The van der Waals surface area contributed by atoms with Gasteiger partial charge in [-0.2, -0.15) is 10.4 Å². The van der Waals surface area contributed by atoms with Crippen molar-refractivity contribution in [2.75, 3.05) is 10.0 Å². The lowest BCUT2D eigenvalue weighted by Crippen LogP contribution is -2.17. The van der Waals surface area contributed by atoms with Crippen molar-refractivity contribution in [3.05, 3.63) is 70.9 Å².